The zero-order valence-corrected chi connectivity index (χ0v) is 36.9. The molecule has 0 bridgehead atoms. The van der Waals surface area contributed by atoms with Crippen LogP contribution in [0, 0.1) is 0 Å². The van der Waals surface area contributed by atoms with Crippen molar-refractivity contribution in [3.63, 3.8) is 0 Å². The van der Waals surface area contributed by atoms with E-state index < -0.39 is 117 Å². The second-order valence-electron chi connectivity index (χ2n) is 16.5. The molecule has 0 unspecified atom stereocenters. The summed E-state index contributed by atoms with van der Waals surface area (Å²) in [7, 11) is -3.72. The van der Waals surface area contributed by atoms with Gasteiger partial charge in [0.25, 0.3) is 0 Å². The van der Waals surface area contributed by atoms with Gasteiger partial charge in [-0.25, -0.2) is 0 Å². The van der Waals surface area contributed by atoms with Crippen molar-refractivity contribution in [2.75, 3.05) is 0 Å². The molecule has 0 saturated heterocycles. The lowest BCUT2D eigenvalue weighted by Gasteiger charge is -2.34. The van der Waals surface area contributed by atoms with Gasteiger partial charge in [-0.1, -0.05) is 188 Å². The molecule has 6 heterocycles. The molecular formula is C61H39N7Si. The van der Waals surface area contributed by atoms with E-state index in [9.17, 15) is 11.0 Å². The third-order valence-corrected chi connectivity index (χ3v) is 17.9. The van der Waals surface area contributed by atoms with Crippen LogP contribution >= 0.6 is 0 Å². The Morgan fingerprint density at radius 2 is 0.739 bits per heavy atom. The first kappa shape index (κ1) is 26.3. The molecule has 0 fully saturated rings. The molecule has 322 valence electrons. The molecule has 1 aliphatic heterocycles. The fourth-order valence-corrected chi connectivity index (χ4v) is 15.8. The summed E-state index contributed by atoms with van der Waals surface area (Å²) in [5.74, 6) is -1.14. The lowest BCUT2D eigenvalue weighted by molar-refractivity contribution is 0.893. The van der Waals surface area contributed by atoms with Gasteiger partial charge in [-0.2, -0.15) is 15.0 Å². The van der Waals surface area contributed by atoms with Crippen LogP contribution in [0.25, 0.3) is 100 Å². The monoisotopic (exact) mass is 913 g/mol. The highest BCUT2D eigenvalue weighted by Gasteiger charge is 2.52. The van der Waals surface area contributed by atoms with Crippen LogP contribution in [0.2, 0.25) is 0 Å². The summed E-state index contributed by atoms with van der Waals surface area (Å²) in [5.41, 5.74) is 4.26. The average Bonchev–Trinajstić information content (AvgIpc) is 1.81. The second kappa shape index (κ2) is 15.5. The first-order chi connectivity index (χ1) is 40.9. The zero-order chi connectivity index (χ0) is 59.4. The Morgan fingerprint density at radius 1 is 0.362 bits per heavy atom. The summed E-state index contributed by atoms with van der Waals surface area (Å²) in [6, 6.07) is 27.0. The van der Waals surface area contributed by atoms with Gasteiger partial charge in [0.05, 0.1) is 44.0 Å². The maximum atomic E-state index is 9.44. The molecule has 0 N–H and O–H groups in total. The summed E-state index contributed by atoms with van der Waals surface area (Å²) in [6.07, 6.45) is 7.49. The quantitative estimate of drug-likeness (QED) is 0.149. The molecule has 0 spiro atoms. The standard InChI is InChI=1S/C61H39N7Si/c1-4-19-40(20-5-1)49-36-62-38-51-52-39-63-37-50(41-21-6-2-7-22-41)58(52)69(57(49)51,43-24-8-3-9-25-43)44-26-18-23-42(35-44)59-64-60(67-53-31-14-10-27-45(53)46-28-11-15-32-54(46)67)66-61(65-59)68-55-33-16-12-29-47(55)48-30-13-17-34-56(48)68/h1-39H/i10D,11D,12D,13D,14D,15D,16D,17D,27D,28D,29D,30D,31D,32D,33D,34D. The van der Waals surface area contributed by atoms with Crippen LogP contribution in [0.3, 0.4) is 0 Å². The van der Waals surface area contributed by atoms with Crippen LogP contribution in [0.4, 0.5) is 0 Å². The van der Waals surface area contributed by atoms with E-state index in [1.165, 1.54) is 0 Å². The Hall–Kier alpha value is -9.11. The predicted molar refractivity (Wildman–Crippen MR) is 283 cm³/mol. The number of pyridine rings is 2. The number of rotatable bonds is 7. The van der Waals surface area contributed by atoms with Crippen molar-refractivity contribution in [1.82, 2.24) is 34.1 Å². The van der Waals surface area contributed by atoms with Crippen LogP contribution in [-0.4, -0.2) is 42.1 Å². The summed E-state index contributed by atoms with van der Waals surface area (Å²) >= 11 is 0. The van der Waals surface area contributed by atoms with E-state index in [0.717, 1.165) is 63.3 Å². The van der Waals surface area contributed by atoms with E-state index in [0.29, 0.717) is 5.56 Å². The van der Waals surface area contributed by atoms with E-state index in [2.05, 4.69) is 12.1 Å². The first-order valence-corrected chi connectivity index (χ1v) is 23.9. The van der Waals surface area contributed by atoms with Crippen molar-refractivity contribution in [3.05, 3.63) is 237 Å². The third kappa shape index (κ3) is 5.82. The summed E-state index contributed by atoms with van der Waals surface area (Å²) < 4.78 is 148. The summed E-state index contributed by atoms with van der Waals surface area (Å²) in [6.45, 7) is 0. The number of aromatic nitrogens is 7. The van der Waals surface area contributed by atoms with Crippen molar-refractivity contribution in [1.29, 1.82) is 0 Å². The fourth-order valence-electron chi connectivity index (χ4n) is 10.2. The first-order valence-electron chi connectivity index (χ1n) is 29.9. The van der Waals surface area contributed by atoms with Crippen LogP contribution in [0.1, 0.15) is 21.9 Å². The molecule has 69 heavy (non-hydrogen) atoms. The van der Waals surface area contributed by atoms with Gasteiger partial charge >= 0.3 is 0 Å². The number of hydrogen-bond acceptors (Lipinski definition) is 5. The van der Waals surface area contributed by atoms with Gasteiger partial charge in [-0.3, -0.25) is 19.1 Å². The second-order valence-corrected chi connectivity index (χ2v) is 20.1. The number of nitrogens with zero attached hydrogens (tertiary/aromatic N) is 7. The topological polar surface area (TPSA) is 74.3 Å². The van der Waals surface area contributed by atoms with Crippen LogP contribution in [-0.2, 0) is 0 Å². The molecule has 8 heteroatoms. The number of fused-ring (bicyclic) bond motifs is 9. The van der Waals surface area contributed by atoms with Gasteiger partial charge in [0.1, 0.15) is 0 Å². The van der Waals surface area contributed by atoms with Crippen LogP contribution in [0.5, 0.6) is 0 Å². The fraction of sp³-hybridized carbons (Fsp3) is 0. The molecule has 8 aromatic carbocycles. The maximum absolute atomic E-state index is 9.44. The Balaban J connectivity index is 1.17. The largest absolute Gasteiger partial charge is 0.278 e. The lowest BCUT2D eigenvalue weighted by Crippen LogP contribution is -2.73. The van der Waals surface area contributed by atoms with Crippen LogP contribution < -0.4 is 20.7 Å². The van der Waals surface area contributed by atoms with Gasteiger partial charge < -0.3 is 0 Å². The zero-order valence-electron chi connectivity index (χ0n) is 51.9. The van der Waals surface area contributed by atoms with E-state index in [1.807, 2.05) is 122 Å². The van der Waals surface area contributed by atoms with E-state index in [-0.39, 0.29) is 49.4 Å². The van der Waals surface area contributed by atoms with Gasteiger partial charge in [-0.15, -0.1) is 0 Å². The Morgan fingerprint density at radius 3 is 1.19 bits per heavy atom. The highest BCUT2D eigenvalue weighted by Crippen LogP contribution is 2.38. The minimum absolute atomic E-state index is 0.165. The number of benzene rings is 8. The summed E-state index contributed by atoms with van der Waals surface area (Å²) in [4.78, 5) is 24.9. The van der Waals surface area contributed by atoms with Crippen LogP contribution in [0.15, 0.2) is 237 Å². The third-order valence-electron chi connectivity index (χ3n) is 12.9. The Kier molecular flexibility index (Phi) is 5.90. The molecule has 13 aromatic rings. The van der Waals surface area contributed by atoms with Crippen molar-refractivity contribution in [3.8, 4) is 56.7 Å². The van der Waals surface area contributed by atoms with E-state index >= 15 is 0 Å². The summed E-state index contributed by atoms with van der Waals surface area (Å²) in [5, 5.41) is 2.71. The average molecular weight is 914 g/mol. The lowest BCUT2D eigenvalue weighted by atomic mass is 10.0. The highest BCUT2D eigenvalue weighted by molar-refractivity contribution is 7.23. The molecule has 5 aromatic heterocycles. The number of hydrogen-bond donors (Lipinski definition) is 0. The minimum atomic E-state index is -3.72. The van der Waals surface area contributed by atoms with Crippen molar-refractivity contribution >= 4 is 72.4 Å². The van der Waals surface area contributed by atoms with Gasteiger partial charge in [0, 0.05) is 74.1 Å². The van der Waals surface area contributed by atoms with Gasteiger partial charge in [0.15, 0.2) is 13.9 Å². The minimum Gasteiger partial charge on any atom is -0.278 e. The highest BCUT2D eigenvalue weighted by atomic mass is 28.3. The molecule has 0 saturated carbocycles. The molecular weight excluding hydrogens is 859 g/mol. The van der Waals surface area contributed by atoms with Crippen molar-refractivity contribution in [2.24, 2.45) is 0 Å². The predicted octanol–water partition coefficient (Wildman–Crippen LogP) is 11.2. The SMILES string of the molecule is [2H]c1c([2H])c([2H])c2c(c1[2H])c1c([2H])c([2H])c([2H])c([2H])c1n2-c1nc(-c2cccc([Si]3(c4ccccc4)c4c(-c5ccccc5)cncc4-c4cncc(-c5ccccc5)c43)c2)nc(-n2c3c([2H])c([2H])c([2H])c([2H])c3c3c([2H])c([2H])c([2H])c([2H])c32)n1. The smallest absolute Gasteiger partial charge is 0.240 e. The van der Waals surface area contributed by atoms with Crippen molar-refractivity contribution in [2.45, 2.75) is 0 Å². The molecule has 7 nitrogen and oxygen atoms in total. The van der Waals surface area contributed by atoms with Gasteiger partial charge in [-0.05, 0) is 56.0 Å². The van der Waals surface area contributed by atoms with Gasteiger partial charge in [0.2, 0.25) is 11.9 Å². The maximum Gasteiger partial charge on any atom is 0.240 e. The Bertz CT molecular complexity index is 4680. The van der Waals surface area contributed by atoms with Crippen molar-refractivity contribution < 1.29 is 21.9 Å². The number of para-hydroxylation sites is 4. The molecule has 0 radical (unpaired) electrons. The normalized spacial score (nSPS) is 16.0. The molecule has 0 aliphatic carbocycles. The molecule has 1 aliphatic rings. The van der Waals surface area contributed by atoms with E-state index in [4.69, 9.17) is 35.9 Å². The Labute approximate surface area is 420 Å². The molecule has 0 atom stereocenters. The molecule has 14 rings (SSSR count). The van der Waals surface area contributed by atoms with E-state index in [1.54, 1.807) is 6.07 Å². The molecule has 0 amide bonds.